The Labute approximate surface area is 164 Å². The van der Waals surface area contributed by atoms with Gasteiger partial charge in [-0.2, -0.15) is 0 Å². The number of carboxylic acids is 1. The summed E-state index contributed by atoms with van der Waals surface area (Å²) in [7, 11) is 1.44. The van der Waals surface area contributed by atoms with Crippen molar-refractivity contribution in [3.8, 4) is 11.4 Å². The van der Waals surface area contributed by atoms with Gasteiger partial charge in [0.2, 0.25) is 0 Å². The Hall–Kier alpha value is -3.88. The fraction of sp³-hybridized carbons (Fsp3) is 0.150. The number of nitrogens with one attached hydrogen (secondary N) is 2. The molecule has 0 aliphatic rings. The number of carbonyl (C=O) groups excluding carboxylic acids is 1. The minimum absolute atomic E-state index is 0.0930. The summed E-state index contributed by atoms with van der Waals surface area (Å²) in [6.07, 6.45) is -0.388. The van der Waals surface area contributed by atoms with Crippen molar-refractivity contribution in [2.75, 3.05) is 7.11 Å². The molecule has 0 saturated carbocycles. The van der Waals surface area contributed by atoms with Crippen molar-refractivity contribution in [3.63, 3.8) is 0 Å². The van der Waals surface area contributed by atoms with Crippen molar-refractivity contribution >= 4 is 11.9 Å². The lowest BCUT2D eigenvalue weighted by Crippen LogP contribution is -2.30. The number of aromatic amines is 1. The highest BCUT2D eigenvalue weighted by Crippen LogP contribution is 2.27. The lowest BCUT2D eigenvalue weighted by Gasteiger charge is -2.19. The first-order chi connectivity index (χ1) is 13.9. The first-order valence-electron chi connectivity index (χ1n) is 8.62. The molecule has 3 N–H and O–H groups in total. The van der Waals surface area contributed by atoms with E-state index >= 15 is 0 Å². The maximum absolute atomic E-state index is 13.4. The predicted octanol–water partition coefficient (Wildman–Crippen LogP) is 2.26. The predicted molar refractivity (Wildman–Crippen MR) is 102 cm³/mol. The summed E-state index contributed by atoms with van der Waals surface area (Å²) in [5.41, 5.74) is 0.0518. The summed E-state index contributed by atoms with van der Waals surface area (Å²) in [5, 5.41) is 14.4. The van der Waals surface area contributed by atoms with Gasteiger partial charge in [0.25, 0.3) is 11.5 Å². The molecule has 9 heteroatoms. The number of nitrogens with zero attached hydrogens (tertiary/aromatic N) is 1. The summed E-state index contributed by atoms with van der Waals surface area (Å²) < 4.78 is 19.7. The summed E-state index contributed by atoms with van der Waals surface area (Å²) in [5.74, 6) is -1.92. The van der Waals surface area contributed by atoms with Crippen LogP contribution in [0.25, 0.3) is 5.69 Å². The van der Waals surface area contributed by atoms with Crippen molar-refractivity contribution in [1.29, 1.82) is 0 Å². The van der Waals surface area contributed by atoms with Gasteiger partial charge in [-0.25, -0.2) is 9.07 Å². The molecule has 29 heavy (non-hydrogen) atoms. The van der Waals surface area contributed by atoms with Crippen molar-refractivity contribution in [1.82, 2.24) is 15.1 Å². The summed E-state index contributed by atoms with van der Waals surface area (Å²) >= 11 is 0. The second-order valence-electron chi connectivity index (χ2n) is 6.19. The van der Waals surface area contributed by atoms with Gasteiger partial charge in [0.1, 0.15) is 17.3 Å². The topological polar surface area (TPSA) is 113 Å². The molecule has 1 heterocycles. The number of aromatic nitrogens is 2. The first-order valence-corrected chi connectivity index (χ1v) is 8.62. The van der Waals surface area contributed by atoms with Crippen molar-refractivity contribution in [3.05, 3.63) is 82.0 Å². The largest absolute Gasteiger partial charge is 0.496 e. The molecule has 1 atom stereocenters. The standard InChI is InChI=1S/C20H18FN3O5/c1-29-17-8-3-2-7-14(17)15(11-19(26)27)22-20(28)16-10-18(25)24(23-16)13-6-4-5-12(21)9-13/h2-10,15,23H,11H2,1H3,(H,22,28)(H,26,27)/t15-/m0/s1. The summed E-state index contributed by atoms with van der Waals surface area (Å²) in [6.45, 7) is 0. The molecule has 0 radical (unpaired) electrons. The Kier molecular flexibility index (Phi) is 5.77. The average Bonchev–Trinajstić information content (AvgIpc) is 3.09. The molecule has 3 aromatic rings. The van der Waals surface area contributed by atoms with E-state index in [1.165, 1.54) is 25.3 Å². The first kappa shape index (κ1) is 19.9. The number of carboxylic acid groups (broad SMARTS) is 1. The molecule has 1 amide bonds. The van der Waals surface area contributed by atoms with E-state index in [-0.39, 0.29) is 17.8 Å². The molecule has 2 aromatic carbocycles. The second-order valence-corrected chi connectivity index (χ2v) is 6.19. The van der Waals surface area contributed by atoms with Gasteiger partial charge in [0.05, 0.1) is 25.3 Å². The van der Waals surface area contributed by atoms with E-state index in [1.54, 1.807) is 24.3 Å². The zero-order valence-corrected chi connectivity index (χ0v) is 15.4. The fourth-order valence-corrected chi connectivity index (χ4v) is 2.92. The molecule has 150 valence electrons. The Morgan fingerprint density at radius 3 is 2.66 bits per heavy atom. The Morgan fingerprint density at radius 1 is 1.21 bits per heavy atom. The van der Waals surface area contributed by atoms with Crippen LogP contribution in [-0.2, 0) is 4.79 Å². The lowest BCUT2D eigenvalue weighted by molar-refractivity contribution is -0.137. The van der Waals surface area contributed by atoms with Gasteiger partial charge in [-0.05, 0) is 24.3 Å². The monoisotopic (exact) mass is 399 g/mol. The van der Waals surface area contributed by atoms with E-state index in [4.69, 9.17) is 4.74 Å². The number of amides is 1. The zero-order chi connectivity index (χ0) is 21.0. The molecule has 0 bridgehead atoms. The van der Waals surface area contributed by atoms with E-state index in [0.717, 1.165) is 16.8 Å². The highest BCUT2D eigenvalue weighted by Gasteiger charge is 2.23. The number of hydrogen-bond donors (Lipinski definition) is 3. The van der Waals surface area contributed by atoms with Crippen LogP contribution in [0.4, 0.5) is 4.39 Å². The molecule has 3 rings (SSSR count). The van der Waals surface area contributed by atoms with Gasteiger partial charge >= 0.3 is 5.97 Å². The lowest BCUT2D eigenvalue weighted by atomic mass is 10.0. The van der Waals surface area contributed by atoms with E-state index in [9.17, 15) is 23.9 Å². The number of hydrogen-bond acceptors (Lipinski definition) is 4. The van der Waals surface area contributed by atoms with Crippen LogP contribution in [0.15, 0.2) is 59.4 Å². The van der Waals surface area contributed by atoms with Crippen molar-refractivity contribution in [2.45, 2.75) is 12.5 Å². The second kappa shape index (κ2) is 8.42. The highest BCUT2D eigenvalue weighted by atomic mass is 19.1. The highest BCUT2D eigenvalue weighted by molar-refractivity contribution is 5.92. The minimum Gasteiger partial charge on any atom is -0.496 e. The number of aliphatic carboxylic acids is 1. The van der Waals surface area contributed by atoms with Crippen LogP contribution in [0.1, 0.15) is 28.5 Å². The van der Waals surface area contributed by atoms with Gasteiger partial charge < -0.3 is 15.2 Å². The molecule has 0 aliphatic carbocycles. The molecule has 0 unspecified atom stereocenters. The SMILES string of the molecule is COc1ccccc1[C@H](CC(=O)O)NC(=O)c1cc(=O)n(-c2cccc(F)c2)[nH]1. The number of ether oxygens (including phenoxy) is 1. The van der Waals surface area contributed by atoms with Crippen LogP contribution in [0.5, 0.6) is 5.75 Å². The van der Waals surface area contributed by atoms with Gasteiger partial charge in [-0.1, -0.05) is 24.3 Å². The third-order valence-electron chi connectivity index (χ3n) is 4.23. The fourth-order valence-electron chi connectivity index (χ4n) is 2.92. The van der Waals surface area contributed by atoms with Crippen LogP contribution in [0, 0.1) is 5.82 Å². The molecular weight excluding hydrogens is 381 g/mol. The number of carbonyl (C=O) groups is 2. The maximum atomic E-state index is 13.4. The van der Waals surface area contributed by atoms with E-state index in [1.807, 2.05) is 0 Å². The van der Waals surface area contributed by atoms with Crippen LogP contribution in [0.2, 0.25) is 0 Å². The van der Waals surface area contributed by atoms with Crippen LogP contribution in [0.3, 0.4) is 0 Å². The summed E-state index contributed by atoms with van der Waals surface area (Å²) in [4.78, 5) is 36.2. The van der Waals surface area contributed by atoms with Gasteiger partial charge in [-0.15, -0.1) is 0 Å². The Morgan fingerprint density at radius 2 is 1.97 bits per heavy atom. The van der Waals surface area contributed by atoms with Crippen LogP contribution >= 0.6 is 0 Å². The smallest absolute Gasteiger partial charge is 0.305 e. The molecule has 8 nitrogen and oxygen atoms in total. The van der Waals surface area contributed by atoms with E-state index in [2.05, 4.69) is 10.4 Å². The molecule has 1 aromatic heterocycles. The van der Waals surface area contributed by atoms with E-state index in [0.29, 0.717) is 11.3 Å². The minimum atomic E-state index is -1.12. The van der Waals surface area contributed by atoms with Gasteiger partial charge in [0, 0.05) is 11.6 Å². The molecule has 0 spiro atoms. The number of para-hydroxylation sites is 1. The number of halogens is 1. The number of rotatable bonds is 7. The number of H-pyrrole nitrogens is 1. The molecule has 0 aliphatic heterocycles. The van der Waals surface area contributed by atoms with Crippen LogP contribution < -0.4 is 15.6 Å². The van der Waals surface area contributed by atoms with Crippen LogP contribution in [-0.4, -0.2) is 33.9 Å². The third-order valence-corrected chi connectivity index (χ3v) is 4.23. The Balaban J connectivity index is 1.90. The summed E-state index contributed by atoms with van der Waals surface area (Å²) in [6, 6.07) is 12.2. The normalized spacial score (nSPS) is 11.7. The Bertz CT molecular complexity index is 1110. The maximum Gasteiger partial charge on any atom is 0.305 e. The number of methoxy groups -OCH3 is 1. The van der Waals surface area contributed by atoms with Crippen molar-refractivity contribution < 1.29 is 23.8 Å². The third kappa shape index (κ3) is 4.52. The quantitative estimate of drug-likeness (QED) is 0.564. The molecule has 0 saturated heterocycles. The zero-order valence-electron chi connectivity index (χ0n) is 15.4. The molecule has 0 fully saturated rings. The van der Waals surface area contributed by atoms with Crippen molar-refractivity contribution in [2.24, 2.45) is 0 Å². The average molecular weight is 399 g/mol. The van der Waals surface area contributed by atoms with Gasteiger partial charge in [0.15, 0.2) is 0 Å². The van der Waals surface area contributed by atoms with E-state index < -0.39 is 29.3 Å². The number of benzene rings is 2. The van der Waals surface area contributed by atoms with Gasteiger partial charge in [-0.3, -0.25) is 19.5 Å². The molecular formula is C20H18FN3O5.